The number of pyridine rings is 1. The fourth-order valence-electron chi connectivity index (χ4n) is 13.6. The van der Waals surface area contributed by atoms with Crippen LogP contribution >= 0.6 is 0 Å². The van der Waals surface area contributed by atoms with E-state index in [0.29, 0.717) is 76.5 Å². The van der Waals surface area contributed by atoms with Crippen LogP contribution in [-0.4, -0.2) is 47.8 Å². The van der Waals surface area contributed by atoms with Crippen LogP contribution in [0.3, 0.4) is 0 Å². The first-order valence-corrected chi connectivity index (χ1v) is 35.8. The number of nitrogens with zero attached hydrogens (tertiary/aromatic N) is 2. The second kappa shape index (κ2) is 37.3. The van der Waals surface area contributed by atoms with E-state index in [1.807, 2.05) is 48.5 Å². The molecule has 0 aliphatic carbocycles. The van der Waals surface area contributed by atoms with E-state index in [2.05, 4.69) is 39.8 Å². The van der Waals surface area contributed by atoms with Crippen LogP contribution in [-0.2, 0) is 9.47 Å². The molecule has 474 valence electrons. The van der Waals surface area contributed by atoms with E-state index in [0.717, 1.165) is 107 Å². The Labute approximate surface area is 522 Å². The molecule has 2 heterocycles. The fraction of sp³-hybridized carbons (Fsp3) is 0.615. The molecule has 0 aliphatic rings. The molecule has 6 aromatic carbocycles. The van der Waals surface area contributed by atoms with E-state index in [1.54, 1.807) is 4.40 Å². The van der Waals surface area contributed by atoms with Crippen molar-refractivity contribution in [2.75, 3.05) is 26.4 Å². The van der Waals surface area contributed by atoms with Gasteiger partial charge in [-0.25, -0.2) is 14.6 Å². The number of hydrogen-bond donors (Lipinski definition) is 0. The zero-order valence-electron chi connectivity index (χ0n) is 54.6. The lowest BCUT2D eigenvalue weighted by atomic mass is 9.85. The SMILES string of the molecule is CCCCCCCCCCCCOC(=O)c1ccc2c3ccc4c(=O)n5c6cc(OCCCCCCCCCCCC)c(OCCCCCCCCCCCC)cc6nc5c5ccc(c6ccc(C(=O)OCCCCCCCCCCCC)c1c26)c3c45. The molecule has 0 radical (unpaired) electrons. The Bertz CT molecular complexity index is 3280. The molecule has 0 amide bonds. The zero-order valence-corrected chi connectivity index (χ0v) is 54.6. The Morgan fingerprint density at radius 2 is 0.644 bits per heavy atom. The van der Waals surface area contributed by atoms with Crippen molar-refractivity contribution >= 4 is 82.5 Å². The van der Waals surface area contributed by atoms with E-state index in [4.69, 9.17) is 23.9 Å². The molecule has 0 bridgehead atoms. The molecule has 9 heteroatoms. The van der Waals surface area contributed by atoms with Crippen LogP contribution in [0.2, 0.25) is 0 Å². The van der Waals surface area contributed by atoms with Crippen molar-refractivity contribution in [1.82, 2.24) is 9.38 Å². The number of benzene rings is 6. The molecule has 87 heavy (non-hydrogen) atoms. The fourth-order valence-corrected chi connectivity index (χ4v) is 13.6. The molecule has 9 nitrogen and oxygen atoms in total. The van der Waals surface area contributed by atoms with Gasteiger partial charge in [0.05, 0.1) is 48.6 Å². The number of unbranched alkanes of at least 4 members (excludes halogenated alkanes) is 36. The summed E-state index contributed by atoms with van der Waals surface area (Å²) >= 11 is 0. The molecule has 8 aromatic rings. The lowest BCUT2D eigenvalue weighted by molar-refractivity contribution is 0.0498. The minimum atomic E-state index is -0.432. The van der Waals surface area contributed by atoms with Gasteiger partial charge in [0, 0.05) is 33.7 Å². The van der Waals surface area contributed by atoms with Gasteiger partial charge in [0.25, 0.3) is 5.56 Å². The van der Waals surface area contributed by atoms with Gasteiger partial charge in [0.2, 0.25) is 0 Å². The molecule has 0 unspecified atom stereocenters. The maximum atomic E-state index is 15.2. The van der Waals surface area contributed by atoms with Gasteiger partial charge >= 0.3 is 11.9 Å². The summed E-state index contributed by atoms with van der Waals surface area (Å²) in [6.07, 6.45) is 48.9. The first-order valence-electron chi connectivity index (χ1n) is 35.8. The van der Waals surface area contributed by atoms with Gasteiger partial charge in [-0.15, -0.1) is 0 Å². The second-order valence-electron chi connectivity index (χ2n) is 25.7. The van der Waals surface area contributed by atoms with Crippen LogP contribution in [0, 0.1) is 0 Å². The number of esters is 2. The third-order valence-corrected chi connectivity index (χ3v) is 18.7. The summed E-state index contributed by atoms with van der Waals surface area (Å²) in [5.74, 6) is 0.472. The minimum absolute atomic E-state index is 0.139. The van der Waals surface area contributed by atoms with Crippen LogP contribution in [0.5, 0.6) is 11.5 Å². The first kappa shape index (κ1) is 67.2. The first-order chi connectivity index (χ1) is 42.9. The molecule has 0 saturated carbocycles. The van der Waals surface area contributed by atoms with Crippen LogP contribution in [0.15, 0.2) is 65.5 Å². The van der Waals surface area contributed by atoms with Gasteiger partial charge in [-0.1, -0.05) is 283 Å². The van der Waals surface area contributed by atoms with Crippen molar-refractivity contribution in [2.45, 2.75) is 285 Å². The predicted molar refractivity (Wildman–Crippen MR) is 368 cm³/mol. The number of aromatic nitrogens is 2. The van der Waals surface area contributed by atoms with E-state index < -0.39 is 11.9 Å². The third-order valence-electron chi connectivity index (χ3n) is 18.7. The lowest BCUT2D eigenvalue weighted by Gasteiger charge is -2.19. The quantitative estimate of drug-likeness (QED) is 0.0161. The predicted octanol–water partition coefficient (Wildman–Crippen LogP) is 23.2. The number of hydrogen-bond acceptors (Lipinski definition) is 8. The van der Waals surface area contributed by atoms with Crippen molar-refractivity contribution < 1.29 is 28.5 Å². The highest BCUT2D eigenvalue weighted by Gasteiger charge is 2.27. The molecular weight excluding hydrogens is 1080 g/mol. The average molecular weight is 1190 g/mol. The highest BCUT2D eigenvalue weighted by Crippen LogP contribution is 2.46. The van der Waals surface area contributed by atoms with E-state index in [-0.39, 0.29) is 5.56 Å². The molecular formula is C78H110N2O7. The Morgan fingerprint density at radius 1 is 0.345 bits per heavy atom. The molecule has 0 aliphatic heterocycles. The minimum Gasteiger partial charge on any atom is -0.490 e. The van der Waals surface area contributed by atoms with Gasteiger partial charge in [-0.3, -0.25) is 9.20 Å². The van der Waals surface area contributed by atoms with Crippen molar-refractivity contribution in [1.29, 1.82) is 0 Å². The largest absolute Gasteiger partial charge is 0.490 e. The number of fused-ring (bicyclic) bond motifs is 6. The van der Waals surface area contributed by atoms with Crippen LogP contribution in [0.4, 0.5) is 0 Å². The lowest BCUT2D eigenvalue weighted by Crippen LogP contribution is -2.14. The Morgan fingerprint density at radius 3 is 1.03 bits per heavy atom. The molecule has 0 atom stereocenters. The molecule has 8 rings (SSSR count). The molecule has 0 saturated heterocycles. The summed E-state index contributed by atoms with van der Waals surface area (Å²) in [7, 11) is 0. The van der Waals surface area contributed by atoms with E-state index in [9.17, 15) is 9.59 Å². The van der Waals surface area contributed by atoms with E-state index in [1.165, 1.54) is 193 Å². The zero-order chi connectivity index (χ0) is 60.8. The van der Waals surface area contributed by atoms with Crippen molar-refractivity contribution in [2.24, 2.45) is 0 Å². The highest BCUT2D eigenvalue weighted by atomic mass is 16.5. The Kier molecular flexibility index (Phi) is 28.9. The maximum Gasteiger partial charge on any atom is 0.338 e. The van der Waals surface area contributed by atoms with Crippen molar-refractivity contribution in [3.63, 3.8) is 0 Å². The second-order valence-corrected chi connectivity index (χ2v) is 25.7. The summed E-state index contributed by atoms with van der Waals surface area (Å²) in [5.41, 5.74) is 2.58. The normalized spacial score (nSPS) is 12.0. The van der Waals surface area contributed by atoms with Crippen LogP contribution in [0.1, 0.15) is 305 Å². The summed E-state index contributed by atoms with van der Waals surface area (Å²) in [6, 6.07) is 19.9. The molecule has 2 aromatic heterocycles. The van der Waals surface area contributed by atoms with Gasteiger partial charge in [-0.2, -0.15) is 0 Å². The van der Waals surface area contributed by atoms with Gasteiger partial charge in [-0.05, 0) is 82.3 Å². The number of imidazole rings is 1. The summed E-state index contributed by atoms with van der Waals surface area (Å²) < 4.78 is 27.1. The molecule has 0 N–H and O–H groups in total. The van der Waals surface area contributed by atoms with Crippen molar-refractivity contribution in [3.8, 4) is 11.5 Å². The number of carbonyl (C=O) groups is 2. The summed E-state index contributed by atoms with van der Waals surface area (Å²) in [5, 5.41) is 8.33. The average Bonchev–Trinajstić information content (AvgIpc) is 1.63. The Balaban J connectivity index is 1.07. The summed E-state index contributed by atoms with van der Waals surface area (Å²) in [4.78, 5) is 49.2. The topological polar surface area (TPSA) is 105 Å². The van der Waals surface area contributed by atoms with Crippen LogP contribution in [0.25, 0.3) is 70.5 Å². The highest BCUT2D eigenvalue weighted by molar-refractivity contribution is 6.39. The summed E-state index contributed by atoms with van der Waals surface area (Å²) in [6.45, 7) is 10.9. The van der Waals surface area contributed by atoms with Gasteiger partial charge in [0.1, 0.15) is 5.65 Å². The van der Waals surface area contributed by atoms with Gasteiger partial charge in [0.15, 0.2) is 11.5 Å². The monoisotopic (exact) mass is 1190 g/mol. The number of carbonyl (C=O) groups excluding carboxylic acids is 2. The molecule has 0 fully saturated rings. The Hall–Kier alpha value is -5.70. The van der Waals surface area contributed by atoms with Crippen LogP contribution < -0.4 is 15.0 Å². The number of rotatable bonds is 48. The maximum absolute atomic E-state index is 15.2. The standard InChI is InChI=1S/C78H110N2O7/c1-5-9-13-17-21-25-29-33-37-41-53-84-69-57-67-68(58-70(69)85-54-42-38-34-30-26-22-18-14-10-6-2)80-75(79-67)63-49-45-59-61-47-51-65(77(82)86-55-43-39-35-31-27-23-19-15-11-7-3)74-66(78(83)87-56-44-40-36-32-28-24-20-16-12-8-4)52-48-62(72(61)74)60-46-50-64(76(80)81)73(63)71(59)60/h45-52,57-58H,5-44,53-56H2,1-4H3. The van der Waals surface area contributed by atoms with E-state index >= 15 is 4.79 Å². The smallest absolute Gasteiger partial charge is 0.338 e. The molecule has 0 spiro atoms. The number of ether oxygens (including phenoxy) is 4. The third kappa shape index (κ3) is 18.7. The van der Waals surface area contributed by atoms with Crippen molar-refractivity contribution in [3.05, 3.63) is 82.1 Å². The van der Waals surface area contributed by atoms with Gasteiger partial charge < -0.3 is 18.9 Å².